The van der Waals surface area contributed by atoms with Crippen LogP contribution in [0.5, 0.6) is 0 Å². The molecule has 1 saturated heterocycles. The van der Waals surface area contributed by atoms with Crippen molar-refractivity contribution in [3.63, 3.8) is 0 Å². The molecule has 13 heavy (non-hydrogen) atoms. The molecule has 0 N–H and O–H groups in total. The molecular weight excluding hydrogens is 164 g/mol. The summed E-state index contributed by atoms with van der Waals surface area (Å²) in [7, 11) is 0. The number of ether oxygens (including phenoxy) is 1. The van der Waals surface area contributed by atoms with Gasteiger partial charge in [0.2, 0.25) is 0 Å². The van der Waals surface area contributed by atoms with Gasteiger partial charge in [-0.05, 0) is 38.5 Å². The van der Waals surface area contributed by atoms with Crippen LogP contribution in [0.1, 0.15) is 39.5 Å². The summed E-state index contributed by atoms with van der Waals surface area (Å²) in [5, 5.41) is 0. The monoisotopic (exact) mass is 184 g/mol. The number of carbonyl (C=O) groups excluding carboxylic acids is 1. The molecule has 1 heterocycles. The topological polar surface area (TPSA) is 26.3 Å². The summed E-state index contributed by atoms with van der Waals surface area (Å²) in [6.07, 6.45) is 4.36. The van der Waals surface area contributed by atoms with Gasteiger partial charge in [0.15, 0.2) is 0 Å². The van der Waals surface area contributed by atoms with Gasteiger partial charge >= 0.3 is 0 Å². The minimum Gasteiger partial charge on any atom is -0.381 e. The fraction of sp³-hybridized carbons (Fsp3) is 0.909. The molecular formula is C11H20O2. The van der Waals surface area contributed by atoms with Crippen molar-refractivity contribution >= 4 is 5.78 Å². The summed E-state index contributed by atoms with van der Waals surface area (Å²) in [5.41, 5.74) is 0. The van der Waals surface area contributed by atoms with Gasteiger partial charge in [0.25, 0.3) is 0 Å². The Bertz CT molecular complexity index is 159. The molecule has 1 fully saturated rings. The zero-order chi connectivity index (χ0) is 9.68. The van der Waals surface area contributed by atoms with E-state index < -0.39 is 0 Å². The highest BCUT2D eigenvalue weighted by atomic mass is 16.5. The Morgan fingerprint density at radius 2 is 2.08 bits per heavy atom. The molecule has 0 amide bonds. The lowest BCUT2D eigenvalue weighted by molar-refractivity contribution is -0.121. The van der Waals surface area contributed by atoms with E-state index in [2.05, 4.69) is 6.92 Å². The Balaban J connectivity index is 2.31. The van der Waals surface area contributed by atoms with Gasteiger partial charge in [-0.2, -0.15) is 0 Å². The number of carbonyl (C=O) groups is 1. The second-order valence-corrected chi connectivity index (χ2v) is 4.01. The Morgan fingerprint density at radius 3 is 2.54 bits per heavy atom. The van der Waals surface area contributed by atoms with Crippen LogP contribution in [-0.2, 0) is 9.53 Å². The van der Waals surface area contributed by atoms with Crippen molar-refractivity contribution in [2.75, 3.05) is 13.2 Å². The van der Waals surface area contributed by atoms with E-state index in [1.165, 1.54) is 0 Å². The predicted octanol–water partition coefficient (Wildman–Crippen LogP) is 2.42. The minimum absolute atomic E-state index is 0.295. The van der Waals surface area contributed by atoms with Crippen molar-refractivity contribution in [3.05, 3.63) is 0 Å². The molecule has 0 aromatic rings. The number of ketones is 1. The van der Waals surface area contributed by atoms with Crippen LogP contribution in [0.15, 0.2) is 0 Å². The first-order chi connectivity index (χ1) is 6.24. The SMILES string of the molecule is CCC(CC1CCOCC1)C(C)=O. The molecule has 1 rings (SSSR count). The Kier molecular flexibility index (Phi) is 4.43. The van der Waals surface area contributed by atoms with Crippen molar-refractivity contribution in [3.8, 4) is 0 Å². The number of hydrogen-bond donors (Lipinski definition) is 0. The van der Waals surface area contributed by atoms with Crippen LogP contribution >= 0.6 is 0 Å². The minimum atomic E-state index is 0.295. The molecule has 0 radical (unpaired) electrons. The van der Waals surface area contributed by atoms with Crippen molar-refractivity contribution in [1.29, 1.82) is 0 Å². The second-order valence-electron chi connectivity index (χ2n) is 4.01. The standard InChI is InChI=1S/C11H20O2/c1-3-11(9(2)12)8-10-4-6-13-7-5-10/h10-11H,3-8H2,1-2H3. The molecule has 0 bridgehead atoms. The highest BCUT2D eigenvalue weighted by molar-refractivity contribution is 5.78. The Hall–Kier alpha value is -0.370. The van der Waals surface area contributed by atoms with Gasteiger partial charge in [-0.25, -0.2) is 0 Å². The van der Waals surface area contributed by atoms with Crippen LogP contribution in [0.2, 0.25) is 0 Å². The van der Waals surface area contributed by atoms with Gasteiger partial charge in [-0.3, -0.25) is 4.79 Å². The third-order valence-electron chi connectivity index (χ3n) is 3.03. The van der Waals surface area contributed by atoms with Gasteiger partial charge in [0, 0.05) is 19.1 Å². The van der Waals surface area contributed by atoms with Crippen molar-refractivity contribution in [1.82, 2.24) is 0 Å². The lowest BCUT2D eigenvalue weighted by Crippen LogP contribution is -2.21. The van der Waals surface area contributed by atoms with Gasteiger partial charge in [0.05, 0.1) is 0 Å². The molecule has 1 atom stereocenters. The summed E-state index contributed by atoms with van der Waals surface area (Å²) in [6.45, 7) is 5.59. The molecule has 76 valence electrons. The normalized spacial score (nSPS) is 21.4. The number of rotatable bonds is 4. The third kappa shape index (κ3) is 3.47. The van der Waals surface area contributed by atoms with E-state index in [4.69, 9.17) is 4.74 Å². The smallest absolute Gasteiger partial charge is 0.132 e. The predicted molar refractivity (Wildman–Crippen MR) is 52.6 cm³/mol. The Labute approximate surface area is 80.7 Å². The lowest BCUT2D eigenvalue weighted by atomic mass is 9.86. The zero-order valence-electron chi connectivity index (χ0n) is 8.71. The van der Waals surface area contributed by atoms with Gasteiger partial charge in [-0.1, -0.05) is 6.92 Å². The van der Waals surface area contributed by atoms with Crippen LogP contribution in [0.4, 0.5) is 0 Å². The molecule has 2 nitrogen and oxygen atoms in total. The van der Waals surface area contributed by atoms with E-state index in [1.54, 1.807) is 6.92 Å². The number of Topliss-reactive ketones (excluding diaryl/α,β-unsaturated/α-hetero) is 1. The average molecular weight is 184 g/mol. The molecule has 0 spiro atoms. The van der Waals surface area contributed by atoms with Gasteiger partial charge < -0.3 is 4.74 Å². The third-order valence-corrected chi connectivity index (χ3v) is 3.03. The molecule has 2 heteroatoms. The summed E-state index contributed by atoms with van der Waals surface area (Å²) in [6, 6.07) is 0. The van der Waals surface area contributed by atoms with Crippen molar-refractivity contribution in [2.45, 2.75) is 39.5 Å². The van der Waals surface area contributed by atoms with Crippen LogP contribution in [0, 0.1) is 11.8 Å². The Morgan fingerprint density at radius 1 is 1.46 bits per heavy atom. The average Bonchev–Trinajstić information content (AvgIpc) is 2.15. The largest absolute Gasteiger partial charge is 0.381 e. The van der Waals surface area contributed by atoms with Gasteiger partial charge in [0.1, 0.15) is 5.78 Å². The maximum absolute atomic E-state index is 11.2. The molecule has 1 aliphatic rings. The van der Waals surface area contributed by atoms with E-state index >= 15 is 0 Å². The van der Waals surface area contributed by atoms with Crippen LogP contribution in [0.25, 0.3) is 0 Å². The summed E-state index contributed by atoms with van der Waals surface area (Å²) in [4.78, 5) is 11.2. The molecule has 0 saturated carbocycles. The highest BCUT2D eigenvalue weighted by Gasteiger charge is 2.20. The zero-order valence-corrected chi connectivity index (χ0v) is 8.71. The fourth-order valence-electron chi connectivity index (χ4n) is 2.00. The molecule has 0 aromatic heterocycles. The molecule has 1 aliphatic heterocycles. The van der Waals surface area contributed by atoms with Crippen LogP contribution in [0.3, 0.4) is 0 Å². The molecule has 0 aliphatic carbocycles. The van der Waals surface area contributed by atoms with E-state index in [-0.39, 0.29) is 0 Å². The van der Waals surface area contributed by atoms with E-state index in [0.29, 0.717) is 11.7 Å². The van der Waals surface area contributed by atoms with E-state index in [0.717, 1.165) is 44.8 Å². The fourth-order valence-corrected chi connectivity index (χ4v) is 2.00. The van der Waals surface area contributed by atoms with Gasteiger partial charge in [-0.15, -0.1) is 0 Å². The number of hydrogen-bond acceptors (Lipinski definition) is 2. The van der Waals surface area contributed by atoms with E-state index in [1.807, 2.05) is 0 Å². The van der Waals surface area contributed by atoms with Crippen molar-refractivity contribution < 1.29 is 9.53 Å². The lowest BCUT2D eigenvalue weighted by Gasteiger charge is -2.24. The summed E-state index contributed by atoms with van der Waals surface area (Å²) < 4.78 is 5.29. The maximum Gasteiger partial charge on any atom is 0.132 e. The quantitative estimate of drug-likeness (QED) is 0.670. The summed E-state index contributed by atoms with van der Waals surface area (Å²) >= 11 is 0. The van der Waals surface area contributed by atoms with Crippen LogP contribution in [-0.4, -0.2) is 19.0 Å². The molecule has 0 aromatic carbocycles. The first-order valence-electron chi connectivity index (χ1n) is 5.32. The first-order valence-corrected chi connectivity index (χ1v) is 5.32. The maximum atomic E-state index is 11.2. The summed E-state index contributed by atoms with van der Waals surface area (Å²) in [5.74, 6) is 1.37. The molecule has 1 unspecified atom stereocenters. The second kappa shape index (κ2) is 5.38. The van der Waals surface area contributed by atoms with E-state index in [9.17, 15) is 4.79 Å². The highest BCUT2D eigenvalue weighted by Crippen LogP contribution is 2.24. The van der Waals surface area contributed by atoms with Crippen LogP contribution < -0.4 is 0 Å². The first kappa shape index (κ1) is 10.7. The van der Waals surface area contributed by atoms with Crippen molar-refractivity contribution in [2.24, 2.45) is 11.8 Å².